The van der Waals surface area contributed by atoms with Gasteiger partial charge in [0.2, 0.25) is 0 Å². The van der Waals surface area contributed by atoms with Crippen LogP contribution in [0.4, 0.5) is 4.79 Å². The zero-order valence-electron chi connectivity index (χ0n) is 12.4. The number of rotatable bonds is 3. The summed E-state index contributed by atoms with van der Waals surface area (Å²) in [5.74, 6) is -0.996. The van der Waals surface area contributed by atoms with Gasteiger partial charge in [-0.1, -0.05) is 20.8 Å². The first-order chi connectivity index (χ1) is 8.62. The van der Waals surface area contributed by atoms with Crippen LogP contribution in [0.15, 0.2) is 0 Å². The molecule has 0 aromatic carbocycles. The highest BCUT2D eigenvalue weighted by Crippen LogP contribution is 2.20. The Morgan fingerprint density at radius 3 is 2.32 bits per heavy atom. The Morgan fingerprint density at radius 2 is 1.95 bits per heavy atom. The number of carboxylic acid groups (broad SMARTS) is 1. The minimum absolute atomic E-state index is 0.285. The van der Waals surface area contributed by atoms with E-state index in [2.05, 4.69) is 10.2 Å². The van der Waals surface area contributed by atoms with Gasteiger partial charge >= 0.3 is 12.0 Å². The van der Waals surface area contributed by atoms with E-state index >= 15 is 0 Å². The number of carbonyl (C=O) groups is 2. The highest BCUT2D eigenvalue weighted by Gasteiger charge is 2.35. The molecule has 0 spiro atoms. The van der Waals surface area contributed by atoms with E-state index in [0.717, 1.165) is 6.42 Å². The summed E-state index contributed by atoms with van der Waals surface area (Å²) in [7, 11) is 3.97. The molecule has 0 radical (unpaired) electrons. The van der Waals surface area contributed by atoms with Gasteiger partial charge in [-0.25, -0.2) is 9.59 Å². The molecule has 0 saturated carbocycles. The van der Waals surface area contributed by atoms with Crippen LogP contribution in [0.5, 0.6) is 0 Å². The normalized spacial score (nSPS) is 21.6. The molecule has 6 nitrogen and oxygen atoms in total. The summed E-state index contributed by atoms with van der Waals surface area (Å²) in [6, 6.07) is -0.811. The van der Waals surface area contributed by atoms with Crippen LogP contribution in [-0.4, -0.2) is 66.2 Å². The van der Waals surface area contributed by atoms with Gasteiger partial charge < -0.3 is 20.2 Å². The summed E-state index contributed by atoms with van der Waals surface area (Å²) in [5, 5.41) is 11.8. The Bertz CT molecular complexity index is 350. The number of nitrogens with one attached hydrogen (secondary N) is 1. The van der Waals surface area contributed by atoms with Gasteiger partial charge in [0.25, 0.3) is 0 Å². The minimum Gasteiger partial charge on any atom is -0.480 e. The van der Waals surface area contributed by atoms with Crippen molar-refractivity contribution in [1.82, 2.24) is 15.1 Å². The van der Waals surface area contributed by atoms with Crippen molar-refractivity contribution in [1.29, 1.82) is 0 Å². The maximum Gasteiger partial charge on any atom is 0.326 e. The Balaban J connectivity index is 2.62. The first kappa shape index (κ1) is 15.8. The van der Waals surface area contributed by atoms with E-state index in [1.807, 2.05) is 14.1 Å². The molecule has 6 heteroatoms. The van der Waals surface area contributed by atoms with E-state index in [-0.39, 0.29) is 6.03 Å². The number of likely N-dealkylation sites (N-methyl/N-ethyl adjacent to an activating group) is 1. The number of likely N-dealkylation sites (tertiary alicyclic amines) is 1. The molecule has 1 fully saturated rings. The first-order valence-electron chi connectivity index (χ1n) is 6.57. The summed E-state index contributed by atoms with van der Waals surface area (Å²) >= 11 is 0. The van der Waals surface area contributed by atoms with E-state index in [4.69, 9.17) is 0 Å². The average molecular weight is 271 g/mol. The van der Waals surface area contributed by atoms with Crippen LogP contribution < -0.4 is 5.32 Å². The standard InChI is InChI=1S/C13H25N3O3/c1-13(2,3)10(11(17)18)14-12(19)16-7-6-9(8-16)15(4)5/h9-10H,6-8H2,1-5H3,(H,14,19)(H,17,18)/t9?,10-/m0/s1. The lowest BCUT2D eigenvalue weighted by Crippen LogP contribution is -2.53. The van der Waals surface area contributed by atoms with Crippen LogP contribution in [0.25, 0.3) is 0 Å². The third-order valence-electron chi connectivity index (χ3n) is 3.56. The third-order valence-corrected chi connectivity index (χ3v) is 3.56. The lowest BCUT2D eigenvalue weighted by atomic mass is 9.87. The monoisotopic (exact) mass is 271 g/mol. The summed E-state index contributed by atoms with van der Waals surface area (Å²) in [6.45, 7) is 6.73. The van der Waals surface area contributed by atoms with Crippen molar-refractivity contribution in [2.75, 3.05) is 27.2 Å². The zero-order chi connectivity index (χ0) is 14.8. The predicted molar refractivity (Wildman–Crippen MR) is 73.1 cm³/mol. The van der Waals surface area contributed by atoms with Gasteiger partial charge in [0.05, 0.1) is 0 Å². The topological polar surface area (TPSA) is 72.9 Å². The van der Waals surface area contributed by atoms with Crippen molar-refractivity contribution in [2.45, 2.75) is 39.3 Å². The largest absolute Gasteiger partial charge is 0.480 e. The maximum absolute atomic E-state index is 12.1. The van der Waals surface area contributed by atoms with E-state index in [9.17, 15) is 14.7 Å². The lowest BCUT2D eigenvalue weighted by molar-refractivity contribution is -0.142. The molecule has 0 bridgehead atoms. The molecule has 2 amide bonds. The van der Waals surface area contributed by atoms with Gasteiger partial charge in [0.15, 0.2) is 0 Å². The fraction of sp³-hybridized carbons (Fsp3) is 0.846. The second kappa shape index (κ2) is 5.77. The van der Waals surface area contributed by atoms with Crippen LogP contribution in [0.2, 0.25) is 0 Å². The van der Waals surface area contributed by atoms with Crippen molar-refractivity contribution < 1.29 is 14.7 Å². The van der Waals surface area contributed by atoms with E-state index in [1.165, 1.54) is 0 Å². The molecular weight excluding hydrogens is 246 g/mol. The first-order valence-corrected chi connectivity index (χ1v) is 6.57. The van der Waals surface area contributed by atoms with E-state index in [0.29, 0.717) is 19.1 Å². The molecule has 0 aromatic heterocycles. The van der Waals surface area contributed by atoms with Crippen molar-refractivity contribution >= 4 is 12.0 Å². The van der Waals surface area contributed by atoms with E-state index in [1.54, 1.807) is 25.7 Å². The second-order valence-electron chi connectivity index (χ2n) is 6.44. The quantitative estimate of drug-likeness (QED) is 0.797. The summed E-state index contributed by atoms with van der Waals surface area (Å²) < 4.78 is 0. The Hall–Kier alpha value is -1.30. The number of nitrogens with zero attached hydrogens (tertiary/aromatic N) is 2. The highest BCUT2D eigenvalue weighted by molar-refractivity contribution is 5.83. The Labute approximate surface area is 114 Å². The Morgan fingerprint density at radius 1 is 1.37 bits per heavy atom. The molecule has 1 rings (SSSR count). The van der Waals surface area contributed by atoms with Gasteiger partial charge in [0, 0.05) is 19.1 Å². The van der Waals surface area contributed by atoms with Gasteiger partial charge in [-0.3, -0.25) is 0 Å². The van der Waals surface area contributed by atoms with Crippen LogP contribution in [0, 0.1) is 5.41 Å². The molecule has 2 atom stereocenters. The van der Waals surface area contributed by atoms with Crippen molar-refractivity contribution in [3.05, 3.63) is 0 Å². The molecule has 1 aliphatic rings. The zero-order valence-corrected chi connectivity index (χ0v) is 12.4. The van der Waals surface area contributed by atoms with Crippen molar-refractivity contribution in [2.24, 2.45) is 5.41 Å². The second-order valence-corrected chi connectivity index (χ2v) is 6.44. The predicted octanol–water partition coefficient (Wildman–Crippen LogP) is 0.831. The molecule has 19 heavy (non-hydrogen) atoms. The molecule has 2 N–H and O–H groups in total. The van der Waals surface area contributed by atoms with Crippen molar-refractivity contribution in [3.8, 4) is 0 Å². The van der Waals surface area contributed by atoms with Crippen LogP contribution >= 0.6 is 0 Å². The summed E-state index contributed by atoms with van der Waals surface area (Å²) in [5.41, 5.74) is -0.512. The fourth-order valence-corrected chi connectivity index (χ4v) is 2.21. The van der Waals surface area contributed by atoms with Crippen LogP contribution in [0.3, 0.4) is 0 Å². The molecule has 0 aromatic rings. The minimum atomic E-state index is -0.996. The van der Waals surface area contributed by atoms with Gasteiger partial charge in [0.1, 0.15) is 6.04 Å². The number of carboxylic acids is 1. The van der Waals surface area contributed by atoms with Gasteiger partial charge in [-0.2, -0.15) is 0 Å². The third kappa shape index (κ3) is 4.09. The number of carbonyl (C=O) groups excluding carboxylic acids is 1. The van der Waals surface area contributed by atoms with E-state index < -0.39 is 17.4 Å². The lowest BCUT2D eigenvalue weighted by Gasteiger charge is -2.30. The average Bonchev–Trinajstić information content (AvgIpc) is 2.72. The smallest absolute Gasteiger partial charge is 0.326 e. The molecule has 1 aliphatic heterocycles. The molecule has 1 saturated heterocycles. The van der Waals surface area contributed by atoms with Crippen molar-refractivity contribution in [3.63, 3.8) is 0 Å². The molecule has 0 aliphatic carbocycles. The number of aliphatic carboxylic acids is 1. The van der Waals surface area contributed by atoms with Gasteiger partial charge in [-0.05, 0) is 25.9 Å². The number of hydrogen-bond acceptors (Lipinski definition) is 3. The number of amides is 2. The summed E-state index contributed by atoms with van der Waals surface area (Å²) in [4.78, 5) is 27.1. The molecule has 110 valence electrons. The SMILES string of the molecule is CN(C)C1CCN(C(=O)N[C@@H](C(=O)O)C(C)(C)C)C1. The Kier molecular flexibility index (Phi) is 4.79. The summed E-state index contributed by atoms with van der Waals surface area (Å²) in [6.07, 6.45) is 0.924. The van der Waals surface area contributed by atoms with Crippen LogP contribution in [0.1, 0.15) is 27.2 Å². The maximum atomic E-state index is 12.1. The number of hydrogen-bond donors (Lipinski definition) is 2. The molecule has 1 heterocycles. The molecule has 1 unspecified atom stereocenters. The highest BCUT2D eigenvalue weighted by atomic mass is 16.4. The fourth-order valence-electron chi connectivity index (χ4n) is 2.21. The van der Waals surface area contributed by atoms with Gasteiger partial charge in [-0.15, -0.1) is 0 Å². The molecular formula is C13H25N3O3. The number of urea groups is 1. The van der Waals surface area contributed by atoms with Crippen LogP contribution in [-0.2, 0) is 4.79 Å².